The molecule has 4 rings (SSSR count). The van der Waals surface area contributed by atoms with Gasteiger partial charge in [-0.1, -0.05) is 12.1 Å². The van der Waals surface area contributed by atoms with Gasteiger partial charge in [0, 0.05) is 29.3 Å². The first-order chi connectivity index (χ1) is 12.2. The Labute approximate surface area is 146 Å². The van der Waals surface area contributed by atoms with Gasteiger partial charge in [-0.3, -0.25) is 0 Å². The molecule has 1 N–H and O–H groups in total. The fourth-order valence-corrected chi connectivity index (χ4v) is 4.11. The number of rotatable bonds is 3. The molecule has 2 aliphatic rings. The number of anilines is 1. The number of halogens is 1. The lowest BCUT2D eigenvalue weighted by Crippen LogP contribution is -2.36. The third kappa shape index (κ3) is 2.72. The van der Waals surface area contributed by atoms with E-state index in [-0.39, 0.29) is 23.9 Å². The third-order valence-electron chi connectivity index (χ3n) is 5.20. The van der Waals surface area contributed by atoms with Crippen LogP contribution in [0, 0.1) is 11.7 Å². The molecular formula is C20H22FNO3. The van der Waals surface area contributed by atoms with E-state index in [2.05, 4.69) is 11.4 Å². The Hall–Kier alpha value is -2.27. The second-order valence-corrected chi connectivity index (χ2v) is 6.53. The fraction of sp³-hybridized carbons (Fsp3) is 0.400. The minimum Gasteiger partial charge on any atom is -0.493 e. The van der Waals surface area contributed by atoms with E-state index in [1.54, 1.807) is 26.4 Å². The van der Waals surface area contributed by atoms with Crippen LogP contribution >= 0.6 is 0 Å². The predicted molar refractivity (Wildman–Crippen MR) is 93.7 cm³/mol. The van der Waals surface area contributed by atoms with Gasteiger partial charge in [0.05, 0.1) is 26.4 Å². The second kappa shape index (κ2) is 6.56. The van der Waals surface area contributed by atoms with Gasteiger partial charge in [0.2, 0.25) is 0 Å². The number of benzene rings is 2. The van der Waals surface area contributed by atoms with Gasteiger partial charge in [-0.25, -0.2) is 4.39 Å². The van der Waals surface area contributed by atoms with Crippen LogP contribution in [0.4, 0.5) is 10.1 Å². The van der Waals surface area contributed by atoms with Crippen LogP contribution in [0.1, 0.15) is 36.1 Å². The topological polar surface area (TPSA) is 39.7 Å². The molecule has 2 aliphatic heterocycles. The standard InChI is InChI=1S/C20H22FNO3/c1-23-17-7-3-5-14(20(17)24-2)18-13-6-4-10-25-19(13)15-11-12(21)8-9-16(15)22-18/h3,5,7-9,11,13,18-19,22H,4,6,10H2,1-2H3/t13-,18+,19-/m0/s1. The van der Waals surface area contributed by atoms with E-state index in [9.17, 15) is 4.39 Å². The van der Waals surface area contributed by atoms with Gasteiger partial charge < -0.3 is 19.5 Å². The quantitative estimate of drug-likeness (QED) is 0.892. The molecule has 3 atom stereocenters. The smallest absolute Gasteiger partial charge is 0.165 e. The molecule has 2 aromatic rings. The van der Waals surface area contributed by atoms with Crippen LogP contribution in [-0.2, 0) is 4.74 Å². The maximum Gasteiger partial charge on any atom is 0.165 e. The van der Waals surface area contributed by atoms with Crippen molar-refractivity contribution in [2.45, 2.75) is 25.0 Å². The normalized spacial score (nSPS) is 24.7. The van der Waals surface area contributed by atoms with E-state index in [1.165, 1.54) is 6.07 Å². The highest BCUT2D eigenvalue weighted by Gasteiger charge is 2.41. The summed E-state index contributed by atoms with van der Waals surface area (Å²) in [5, 5.41) is 3.58. The third-order valence-corrected chi connectivity index (χ3v) is 5.20. The summed E-state index contributed by atoms with van der Waals surface area (Å²) < 4.78 is 30.9. The van der Waals surface area contributed by atoms with Gasteiger partial charge in [0.25, 0.3) is 0 Å². The number of hydrogen-bond acceptors (Lipinski definition) is 4. The first-order valence-electron chi connectivity index (χ1n) is 8.61. The molecule has 0 aromatic heterocycles. The van der Waals surface area contributed by atoms with Crippen molar-refractivity contribution in [1.29, 1.82) is 0 Å². The van der Waals surface area contributed by atoms with Crippen LogP contribution in [-0.4, -0.2) is 20.8 Å². The summed E-state index contributed by atoms with van der Waals surface area (Å²) >= 11 is 0. The molecule has 0 saturated carbocycles. The monoisotopic (exact) mass is 343 g/mol. The van der Waals surface area contributed by atoms with Crippen molar-refractivity contribution in [1.82, 2.24) is 0 Å². The van der Waals surface area contributed by atoms with Crippen molar-refractivity contribution < 1.29 is 18.6 Å². The maximum absolute atomic E-state index is 13.8. The van der Waals surface area contributed by atoms with Crippen molar-refractivity contribution >= 4 is 5.69 Å². The predicted octanol–water partition coefficient (Wildman–Crippen LogP) is 4.48. The number of para-hydroxylation sites is 1. The number of ether oxygens (including phenoxy) is 3. The van der Waals surface area contributed by atoms with Crippen LogP contribution in [0.5, 0.6) is 11.5 Å². The summed E-state index contributed by atoms with van der Waals surface area (Å²) in [6.45, 7) is 0.707. The van der Waals surface area contributed by atoms with Gasteiger partial charge in [-0.05, 0) is 37.1 Å². The summed E-state index contributed by atoms with van der Waals surface area (Å²) in [6.07, 6.45) is 1.90. The van der Waals surface area contributed by atoms with E-state index >= 15 is 0 Å². The van der Waals surface area contributed by atoms with Gasteiger partial charge in [-0.2, -0.15) is 0 Å². The molecule has 0 radical (unpaired) electrons. The van der Waals surface area contributed by atoms with E-state index in [0.717, 1.165) is 35.4 Å². The number of methoxy groups -OCH3 is 2. The lowest BCUT2D eigenvalue weighted by atomic mass is 9.77. The van der Waals surface area contributed by atoms with Crippen LogP contribution < -0.4 is 14.8 Å². The summed E-state index contributed by atoms with van der Waals surface area (Å²) in [4.78, 5) is 0. The molecule has 2 aromatic carbocycles. The van der Waals surface area contributed by atoms with E-state index in [0.29, 0.717) is 12.4 Å². The lowest BCUT2D eigenvalue weighted by molar-refractivity contribution is -0.0384. The Bertz CT molecular complexity index is 780. The number of nitrogens with one attached hydrogen (secondary N) is 1. The highest BCUT2D eigenvalue weighted by Crippen LogP contribution is 2.51. The summed E-state index contributed by atoms with van der Waals surface area (Å²) in [5.74, 6) is 1.42. The Morgan fingerprint density at radius 3 is 2.80 bits per heavy atom. The second-order valence-electron chi connectivity index (χ2n) is 6.53. The molecule has 0 aliphatic carbocycles. The molecule has 25 heavy (non-hydrogen) atoms. The average Bonchev–Trinajstić information content (AvgIpc) is 2.66. The molecule has 0 amide bonds. The van der Waals surface area contributed by atoms with Crippen molar-refractivity contribution in [3.63, 3.8) is 0 Å². The van der Waals surface area contributed by atoms with Crippen molar-refractivity contribution in [2.24, 2.45) is 5.92 Å². The zero-order chi connectivity index (χ0) is 17.4. The summed E-state index contributed by atoms with van der Waals surface area (Å²) in [7, 11) is 3.29. The Kier molecular flexibility index (Phi) is 4.25. The van der Waals surface area contributed by atoms with Crippen molar-refractivity contribution in [3.05, 3.63) is 53.3 Å². The van der Waals surface area contributed by atoms with E-state index in [4.69, 9.17) is 14.2 Å². The summed E-state index contributed by atoms with van der Waals surface area (Å²) in [5.41, 5.74) is 2.86. The SMILES string of the molecule is COc1cccc([C@@H]2Nc3ccc(F)cc3[C@H]3OCCC[C@H]32)c1OC. The highest BCUT2D eigenvalue weighted by atomic mass is 19.1. The minimum absolute atomic E-state index is 0.0216. The molecule has 0 bridgehead atoms. The largest absolute Gasteiger partial charge is 0.493 e. The van der Waals surface area contributed by atoms with Crippen LogP contribution in [0.3, 0.4) is 0 Å². The van der Waals surface area contributed by atoms with E-state index in [1.807, 2.05) is 12.1 Å². The zero-order valence-electron chi connectivity index (χ0n) is 14.4. The van der Waals surface area contributed by atoms with Gasteiger partial charge >= 0.3 is 0 Å². The van der Waals surface area contributed by atoms with Crippen molar-refractivity contribution in [2.75, 3.05) is 26.1 Å². The van der Waals surface area contributed by atoms with Crippen LogP contribution in [0.25, 0.3) is 0 Å². The van der Waals surface area contributed by atoms with Crippen LogP contribution in [0.15, 0.2) is 36.4 Å². The lowest BCUT2D eigenvalue weighted by Gasteiger charge is -2.43. The van der Waals surface area contributed by atoms with Gasteiger partial charge in [-0.15, -0.1) is 0 Å². The molecule has 1 saturated heterocycles. The average molecular weight is 343 g/mol. The molecule has 1 fully saturated rings. The van der Waals surface area contributed by atoms with Crippen LogP contribution in [0.2, 0.25) is 0 Å². The molecule has 5 heteroatoms. The molecule has 0 spiro atoms. The molecular weight excluding hydrogens is 321 g/mol. The molecule has 0 unspecified atom stereocenters. The minimum atomic E-state index is -0.231. The summed E-state index contributed by atoms with van der Waals surface area (Å²) in [6, 6.07) is 10.8. The molecule has 2 heterocycles. The first-order valence-corrected chi connectivity index (χ1v) is 8.61. The Morgan fingerprint density at radius 2 is 2.00 bits per heavy atom. The number of fused-ring (bicyclic) bond motifs is 3. The number of hydrogen-bond donors (Lipinski definition) is 1. The molecule has 4 nitrogen and oxygen atoms in total. The van der Waals surface area contributed by atoms with Gasteiger partial charge in [0.15, 0.2) is 11.5 Å². The Morgan fingerprint density at radius 1 is 1.12 bits per heavy atom. The zero-order valence-corrected chi connectivity index (χ0v) is 14.4. The first kappa shape index (κ1) is 16.2. The van der Waals surface area contributed by atoms with E-state index < -0.39 is 0 Å². The Balaban J connectivity index is 1.82. The molecule has 132 valence electrons. The van der Waals surface area contributed by atoms with Crippen molar-refractivity contribution in [3.8, 4) is 11.5 Å². The highest BCUT2D eigenvalue weighted by molar-refractivity contribution is 5.59. The maximum atomic E-state index is 13.8. The van der Waals surface area contributed by atoms with Gasteiger partial charge in [0.1, 0.15) is 5.82 Å². The fourth-order valence-electron chi connectivity index (χ4n) is 4.11.